The minimum Gasteiger partial charge on any atom is -0.481 e. The minimum atomic E-state index is -0.857. The Morgan fingerprint density at radius 3 is 2.76 bits per heavy atom. The Morgan fingerprint density at radius 1 is 1.59 bits per heavy atom. The fraction of sp³-hybridized carbons (Fsp3) is 0.700. The summed E-state index contributed by atoms with van der Waals surface area (Å²) in [5.41, 5.74) is -1.08. The van der Waals surface area contributed by atoms with E-state index in [1.54, 1.807) is 13.8 Å². The fourth-order valence-corrected chi connectivity index (χ4v) is 2.19. The summed E-state index contributed by atoms with van der Waals surface area (Å²) in [4.78, 5) is 22.4. The molecule has 1 rings (SSSR count). The molecular formula is C10H17N3O3S. The van der Waals surface area contributed by atoms with Crippen LogP contribution in [0.25, 0.3) is 0 Å². The largest absolute Gasteiger partial charge is 0.481 e. The monoisotopic (exact) mass is 259 g/mol. The SMILES string of the molecule is CCCn1c(SCC(C)(C)C(=O)O)n[nH]c1=O. The van der Waals surface area contributed by atoms with Crippen molar-refractivity contribution in [1.29, 1.82) is 0 Å². The third kappa shape index (κ3) is 3.36. The average molecular weight is 259 g/mol. The zero-order valence-electron chi connectivity index (χ0n) is 10.2. The van der Waals surface area contributed by atoms with E-state index >= 15 is 0 Å². The average Bonchev–Trinajstić information content (AvgIpc) is 2.58. The van der Waals surface area contributed by atoms with E-state index in [1.807, 2.05) is 6.92 Å². The number of carbonyl (C=O) groups is 1. The van der Waals surface area contributed by atoms with Crippen LogP contribution in [-0.4, -0.2) is 31.6 Å². The van der Waals surface area contributed by atoms with Gasteiger partial charge >= 0.3 is 11.7 Å². The number of hydrogen-bond donors (Lipinski definition) is 2. The second-order valence-electron chi connectivity index (χ2n) is 4.44. The van der Waals surface area contributed by atoms with Gasteiger partial charge in [0.25, 0.3) is 0 Å². The first-order chi connectivity index (χ1) is 7.88. The predicted molar refractivity (Wildman–Crippen MR) is 65.3 cm³/mol. The maximum atomic E-state index is 11.4. The highest BCUT2D eigenvalue weighted by molar-refractivity contribution is 7.99. The van der Waals surface area contributed by atoms with Crippen molar-refractivity contribution in [2.45, 2.75) is 38.9 Å². The molecule has 0 saturated carbocycles. The molecule has 0 spiro atoms. The van der Waals surface area contributed by atoms with E-state index in [4.69, 9.17) is 5.11 Å². The molecule has 0 aliphatic heterocycles. The molecule has 2 N–H and O–H groups in total. The van der Waals surface area contributed by atoms with Gasteiger partial charge in [0.2, 0.25) is 0 Å². The Morgan fingerprint density at radius 2 is 2.24 bits per heavy atom. The molecule has 7 heteroatoms. The lowest BCUT2D eigenvalue weighted by atomic mass is 9.97. The van der Waals surface area contributed by atoms with E-state index in [0.717, 1.165) is 6.42 Å². The van der Waals surface area contributed by atoms with E-state index in [-0.39, 0.29) is 5.69 Å². The van der Waals surface area contributed by atoms with Crippen LogP contribution in [-0.2, 0) is 11.3 Å². The summed E-state index contributed by atoms with van der Waals surface area (Å²) in [5.74, 6) is -0.485. The lowest BCUT2D eigenvalue weighted by molar-refractivity contribution is -0.145. The number of aromatic amines is 1. The van der Waals surface area contributed by atoms with Gasteiger partial charge in [0, 0.05) is 12.3 Å². The highest BCUT2D eigenvalue weighted by atomic mass is 32.2. The molecule has 6 nitrogen and oxygen atoms in total. The van der Waals surface area contributed by atoms with Crippen LogP contribution in [0.5, 0.6) is 0 Å². The molecule has 1 heterocycles. The van der Waals surface area contributed by atoms with Crippen LogP contribution in [0.2, 0.25) is 0 Å². The smallest absolute Gasteiger partial charge is 0.343 e. The van der Waals surface area contributed by atoms with Crippen molar-refractivity contribution < 1.29 is 9.90 Å². The van der Waals surface area contributed by atoms with Crippen molar-refractivity contribution in [2.75, 3.05) is 5.75 Å². The first-order valence-electron chi connectivity index (χ1n) is 5.40. The zero-order valence-corrected chi connectivity index (χ0v) is 11.0. The van der Waals surface area contributed by atoms with E-state index in [1.165, 1.54) is 16.3 Å². The first kappa shape index (κ1) is 13.8. The second-order valence-corrected chi connectivity index (χ2v) is 5.38. The number of hydrogen-bond acceptors (Lipinski definition) is 4. The molecule has 0 aromatic carbocycles. The van der Waals surface area contributed by atoms with Gasteiger partial charge in [-0.1, -0.05) is 18.7 Å². The van der Waals surface area contributed by atoms with Crippen molar-refractivity contribution >= 4 is 17.7 Å². The van der Waals surface area contributed by atoms with E-state index in [0.29, 0.717) is 17.5 Å². The van der Waals surface area contributed by atoms with Gasteiger partial charge in [-0.2, -0.15) is 0 Å². The van der Waals surface area contributed by atoms with Gasteiger partial charge in [0.05, 0.1) is 5.41 Å². The number of aromatic nitrogens is 3. The molecule has 0 saturated heterocycles. The maximum absolute atomic E-state index is 11.4. The van der Waals surface area contributed by atoms with E-state index in [2.05, 4.69) is 10.2 Å². The van der Waals surface area contributed by atoms with Gasteiger partial charge in [-0.25, -0.2) is 9.89 Å². The number of aliphatic carboxylic acids is 1. The lowest BCUT2D eigenvalue weighted by Gasteiger charge is -2.17. The molecule has 0 aliphatic carbocycles. The normalized spacial score (nSPS) is 11.7. The van der Waals surface area contributed by atoms with Crippen LogP contribution < -0.4 is 5.69 Å². The molecule has 0 fully saturated rings. The molecule has 0 amide bonds. The van der Waals surface area contributed by atoms with Gasteiger partial charge in [-0.15, -0.1) is 5.10 Å². The standard InChI is InChI=1S/C10H17N3O3S/c1-4-5-13-8(16)11-12-9(13)17-6-10(2,3)7(14)15/h4-6H2,1-3H3,(H,11,16)(H,14,15). The second kappa shape index (κ2) is 5.39. The topological polar surface area (TPSA) is 88.0 Å². The zero-order chi connectivity index (χ0) is 13.1. The Hall–Kier alpha value is -1.24. The van der Waals surface area contributed by atoms with Crippen LogP contribution in [0.4, 0.5) is 0 Å². The summed E-state index contributed by atoms with van der Waals surface area (Å²) in [6.45, 7) is 5.86. The molecule has 0 bridgehead atoms. The van der Waals surface area contributed by atoms with Gasteiger partial charge in [0.1, 0.15) is 0 Å². The summed E-state index contributed by atoms with van der Waals surface area (Å²) in [5, 5.41) is 15.8. The summed E-state index contributed by atoms with van der Waals surface area (Å²) >= 11 is 1.28. The molecule has 1 aromatic heterocycles. The highest BCUT2D eigenvalue weighted by Gasteiger charge is 2.28. The van der Waals surface area contributed by atoms with Gasteiger partial charge in [0.15, 0.2) is 5.16 Å². The minimum absolute atomic E-state index is 0.248. The van der Waals surface area contributed by atoms with Gasteiger partial charge in [-0.3, -0.25) is 9.36 Å². The number of carboxylic acid groups (broad SMARTS) is 1. The number of thioether (sulfide) groups is 1. The third-order valence-electron chi connectivity index (χ3n) is 2.31. The van der Waals surface area contributed by atoms with Crippen molar-refractivity contribution in [3.63, 3.8) is 0 Å². The van der Waals surface area contributed by atoms with Crippen LogP contribution >= 0.6 is 11.8 Å². The van der Waals surface area contributed by atoms with Crippen LogP contribution in [0.15, 0.2) is 9.95 Å². The molecule has 0 atom stereocenters. The summed E-state index contributed by atoms with van der Waals surface area (Å²) < 4.78 is 1.53. The summed E-state index contributed by atoms with van der Waals surface area (Å²) in [6, 6.07) is 0. The fourth-order valence-electron chi connectivity index (χ4n) is 1.14. The van der Waals surface area contributed by atoms with Crippen LogP contribution in [0.1, 0.15) is 27.2 Å². The van der Waals surface area contributed by atoms with Crippen molar-refractivity contribution in [1.82, 2.24) is 14.8 Å². The molecule has 0 radical (unpaired) electrons. The van der Waals surface area contributed by atoms with E-state index < -0.39 is 11.4 Å². The quantitative estimate of drug-likeness (QED) is 0.749. The molecule has 96 valence electrons. The Kier molecular flexibility index (Phi) is 4.39. The Balaban J connectivity index is 2.76. The van der Waals surface area contributed by atoms with Crippen LogP contribution in [0.3, 0.4) is 0 Å². The van der Waals surface area contributed by atoms with Crippen molar-refractivity contribution in [3.05, 3.63) is 10.5 Å². The molecular weight excluding hydrogens is 242 g/mol. The number of rotatable bonds is 6. The van der Waals surface area contributed by atoms with Crippen LogP contribution in [0, 0.1) is 5.41 Å². The third-order valence-corrected chi connectivity index (χ3v) is 3.75. The summed E-state index contributed by atoms with van der Waals surface area (Å²) in [6.07, 6.45) is 0.829. The number of nitrogens with zero attached hydrogens (tertiary/aromatic N) is 2. The van der Waals surface area contributed by atoms with Crippen molar-refractivity contribution in [3.8, 4) is 0 Å². The van der Waals surface area contributed by atoms with E-state index in [9.17, 15) is 9.59 Å². The number of nitrogens with one attached hydrogen (secondary N) is 1. The Labute approximate surface area is 103 Å². The predicted octanol–water partition coefficient (Wildman–Crippen LogP) is 1.18. The first-order valence-corrected chi connectivity index (χ1v) is 6.38. The molecule has 0 unspecified atom stereocenters. The number of H-pyrrole nitrogens is 1. The van der Waals surface area contributed by atoms with Gasteiger partial charge in [-0.05, 0) is 20.3 Å². The van der Waals surface area contributed by atoms with Crippen molar-refractivity contribution in [2.24, 2.45) is 5.41 Å². The maximum Gasteiger partial charge on any atom is 0.343 e. The highest BCUT2D eigenvalue weighted by Crippen LogP contribution is 2.26. The summed E-state index contributed by atoms with van der Waals surface area (Å²) in [7, 11) is 0. The lowest BCUT2D eigenvalue weighted by Crippen LogP contribution is -2.26. The number of carboxylic acids is 1. The van der Waals surface area contributed by atoms with Gasteiger partial charge < -0.3 is 5.11 Å². The Bertz CT molecular complexity index is 450. The molecule has 1 aromatic rings. The molecule has 17 heavy (non-hydrogen) atoms. The molecule has 0 aliphatic rings.